The second kappa shape index (κ2) is 9.08. The van der Waals surface area contributed by atoms with E-state index >= 15 is 0 Å². The molecule has 2 saturated heterocycles. The third-order valence-corrected chi connectivity index (χ3v) is 8.64. The topological polar surface area (TPSA) is 277 Å². The highest BCUT2D eigenvalue weighted by atomic mass is 31.3. The van der Waals surface area contributed by atoms with Crippen molar-refractivity contribution in [2.45, 2.75) is 31.0 Å². The normalized spacial score (nSPS) is 29.8. The zero-order valence-corrected chi connectivity index (χ0v) is 20.2. The number of nitrogen functional groups attached to an aromatic ring is 1. The molecule has 2 aliphatic rings. The lowest BCUT2D eigenvalue weighted by molar-refractivity contribution is -0.183. The van der Waals surface area contributed by atoms with Crippen molar-refractivity contribution in [2.75, 3.05) is 25.6 Å². The highest BCUT2D eigenvalue weighted by Crippen LogP contribution is 2.66. The molecule has 0 saturated carbocycles. The first-order valence-corrected chi connectivity index (χ1v) is 14.1. The number of imidazole rings is 1. The Morgan fingerprint density at radius 2 is 1.91 bits per heavy atom. The van der Waals surface area contributed by atoms with Gasteiger partial charge in [0.15, 0.2) is 17.4 Å². The zero-order valence-electron chi connectivity index (χ0n) is 17.5. The number of aromatic nitrogens is 4. The van der Waals surface area contributed by atoms with Crippen LogP contribution in [0.1, 0.15) is 13.2 Å². The Balaban J connectivity index is 1.53. The molecule has 2 aromatic heterocycles. The Morgan fingerprint density at radius 1 is 1.20 bits per heavy atom. The lowest BCUT2D eigenvalue weighted by atomic mass is 10.0. The summed E-state index contributed by atoms with van der Waals surface area (Å²) < 4.78 is 64.5. The molecule has 4 heterocycles. The van der Waals surface area contributed by atoms with E-state index in [4.69, 9.17) is 29.7 Å². The number of nitrogens with two attached hydrogens (primary N) is 1. The van der Waals surface area contributed by atoms with Crippen LogP contribution in [-0.2, 0) is 36.3 Å². The van der Waals surface area contributed by atoms with E-state index in [1.807, 2.05) is 0 Å². The highest BCUT2D eigenvalue weighted by Gasteiger charge is 2.63. The molecule has 0 aliphatic carbocycles. The van der Waals surface area contributed by atoms with E-state index in [0.717, 1.165) is 0 Å². The van der Waals surface area contributed by atoms with Crippen LogP contribution in [0.2, 0.25) is 0 Å². The molecular formula is C13H20N5O14P3. The third kappa shape index (κ3) is 5.42. The van der Waals surface area contributed by atoms with Crippen molar-refractivity contribution in [3.05, 3.63) is 6.33 Å². The van der Waals surface area contributed by atoms with Crippen molar-refractivity contribution in [3.63, 3.8) is 0 Å². The van der Waals surface area contributed by atoms with E-state index in [2.05, 4.69) is 28.1 Å². The summed E-state index contributed by atoms with van der Waals surface area (Å²) in [5.74, 6) is -0.0181. The molecule has 2 bridgehead atoms. The summed E-state index contributed by atoms with van der Waals surface area (Å²) in [7, 11) is -16.7. The maximum Gasteiger partial charge on any atom is 0.490 e. The molecule has 7 N–H and O–H groups in total. The van der Waals surface area contributed by atoms with E-state index in [0.29, 0.717) is 0 Å². The average Bonchev–Trinajstić information content (AvgIpc) is 3.33. The van der Waals surface area contributed by atoms with Crippen LogP contribution in [0.4, 0.5) is 5.95 Å². The van der Waals surface area contributed by atoms with Crippen LogP contribution in [0.5, 0.6) is 5.88 Å². The quantitative estimate of drug-likeness (QED) is 0.192. The van der Waals surface area contributed by atoms with Gasteiger partial charge in [-0.1, -0.05) is 0 Å². The van der Waals surface area contributed by atoms with E-state index in [-0.39, 0.29) is 36.2 Å². The molecule has 4 rings (SSSR count). The van der Waals surface area contributed by atoms with Gasteiger partial charge < -0.3 is 44.6 Å². The summed E-state index contributed by atoms with van der Waals surface area (Å²) in [5, 5.41) is 10.7. The van der Waals surface area contributed by atoms with Gasteiger partial charge in [-0.15, -0.1) is 0 Å². The number of aliphatic hydroxyl groups excluding tert-OH is 1. The molecule has 35 heavy (non-hydrogen) atoms. The minimum atomic E-state index is -5.71. The van der Waals surface area contributed by atoms with Gasteiger partial charge in [-0.2, -0.15) is 18.6 Å². The second-order valence-corrected chi connectivity index (χ2v) is 11.7. The van der Waals surface area contributed by atoms with Crippen molar-refractivity contribution in [3.8, 4) is 5.88 Å². The minimum Gasteiger partial charge on any atom is -0.476 e. The van der Waals surface area contributed by atoms with Crippen LogP contribution in [0, 0.1) is 0 Å². The lowest BCUT2D eigenvalue weighted by Gasteiger charge is -2.31. The van der Waals surface area contributed by atoms with Crippen LogP contribution in [0.3, 0.4) is 0 Å². The van der Waals surface area contributed by atoms with Crippen LogP contribution in [-0.4, -0.2) is 81.8 Å². The van der Waals surface area contributed by atoms with E-state index in [9.17, 15) is 28.6 Å². The second-order valence-electron chi connectivity index (χ2n) is 7.30. The van der Waals surface area contributed by atoms with Crippen molar-refractivity contribution in [1.82, 2.24) is 19.5 Å². The molecule has 0 aromatic carbocycles. The maximum absolute atomic E-state index is 12.1. The maximum atomic E-state index is 12.1. The standard InChI is InChI=1S/C13H20N5O14P3/c1-2-27-10-6-9(16-12(14)17-10)18(5-15-6)11-7-8(19)13(30-11,3-28-7)4-29-34(23,24)32-35(25,26)31-33(20,21)22/h5,7-8,11,19H,2-4H2,1H3,(H,23,24)(H,25,26)(H2,14,16,17)(H2,20,21,22)/t7-,8+,11-,13-/m1/s1. The van der Waals surface area contributed by atoms with Gasteiger partial charge in [-0.3, -0.25) is 9.09 Å². The number of phosphoric acid groups is 3. The molecule has 0 amide bonds. The van der Waals surface area contributed by atoms with Gasteiger partial charge in [0.2, 0.25) is 11.8 Å². The van der Waals surface area contributed by atoms with Gasteiger partial charge in [0, 0.05) is 0 Å². The van der Waals surface area contributed by atoms with Gasteiger partial charge in [0.25, 0.3) is 0 Å². The van der Waals surface area contributed by atoms with E-state index in [1.54, 1.807) is 6.92 Å². The predicted octanol–water partition coefficient (Wildman–Crippen LogP) is -0.822. The summed E-state index contributed by atoms with van der Waals surface area (Å²) in [6.45, 7) is 0.774. The molecule has 2 aliphatic heterocycles. The summed E-state index contributed by atoms with van der Waals surface area (Å²) in [6.07, 6.45) is -2.22. The monoisotopic (exact) mass is 563 g/mol. The fourth-order valence-electron chi connectivity index (χ4n) is 3.56. The molecular weight excluding hydrogens is 543 g/mol. The fraction of sp³-hybridized carbons (Fsp3) is 0.615. The lowest BCUT2D eigenvalue weighted by Crippen LogP contribution is -2.44. The first-order chi connectivity index (χ1) is 16.2. The van der Waals surface area contributed by atoms with Crippen LogP contribution in [0.15, 0.2) is 6.33 Å². The van der Waals surface area contributed by atoms with Crippen molar-refractivity contribution in [2.24, 2.45) is 0 Å². The van der Waals surface area contributed by atoms with Crippen LogP contribution >= 0.6 is 23.5 Å². The van der Waals surface area contributed by atoms with E-state index < -0.39 is 54.1 Å². The molecule has 2 aromatic rings. The van der Waals surface area contributed by atoms with Crippen molar-refractivity contribution < 1.29 is 65.7 Å². The molecule has 196 valence electrons. The number of nitrogens with zero attached hydrogens (tertiary/aromatic N) is 4. The smallest absolute Gasteiger partial charge is 0.476 e. The van der Waals surface area contributed by atoms with Crippen molar-refractivity contribution in [1.29, 1.82) is 0 Å². The largest absolute Gasteiger partial charge is 0.490 e. The Bertz CT molecular complexity index is 1270. The summed E-state index contributed by atoms with van der Waals surface area (Å²) in [4.78, 5) is 48.4. The Hall–Kier alpha value is -1.56. The summed E-state index contributed by atoms with van der Waals surface area (Å²) in [5.41, 5.74) is 4.40. The Morgan fingerprint density at radius 3 is 2.57 bits per heavy atom. The first kappa shape index (κ1) is 26.5. The predicted molar refractivity (Wildman–Crippen MR) is 109 cm³/mol. The van der Waals surface area contributed by atoms with Crippen LogP contribution in [0.25, 0.3) is 11.2 Å². The molecule has 22 heteroatoms. The Kier molecular flexibility index (Phi) is 6.87. The molecule has 0 radical (unpaired) electrons. The molecule has 6 atom stereocenters. The SMILES string of the molecule is CCOc1nc(N)nc2c1ncn2[C@@H]1O[C@@]2(COP(=O)(O)OP(=O)(O)OP(=O)(O)O)CO[C@@H]1[C@@H]2O. The first-order valence-electron chi connectivity index (χ1n) is 9.54. The van der Waals surface area contributed by atoms with Gasteiger partial charge in [0.1, 0.15) is 17.8 Å². The number of hydrogen-bond donors (Lipinski definition) is 6. The summed E-state index contributed by atoms with van der Waals surface area (Å²) in [6, 6.07) is 0. The van der Waals surface area contributed by atoms with Gasteiger partial charge in [-0.05, 0) is 6.92 Å². The van der Waals surface area contributed by atoms with E-state index in [1.165, 1.54) is 10.9 Å². The molecule has 2 fully saturated rings. The molecule has 19 nitrogen and oxygen atoms in total. The zero-order chi connectivity index (χ0) is 25.8. The van der Waals surface area contributed by atoms with Gasteiger partial charge in [-0.25, -0.2) is 18.7 Å². The third-order valence-electron chi connectivity index (χ3n) is 4.86. The summed E-state index contributed by atoms with van der Waals surface area (Å²) >= 11 is 0. The molecule has 0 spiro atoms. The number of aliphatic hydroxyl groups is 1. The van der Waals surface area contributed by atoms with Gasteiger partial charge >= 0.3 is 23.5 Å². The fourth-order valence-corrected chi connectivity index (χ4v) is 6.64. The minimum absolute atomic E-state index is 0.112. The number of ether oxygens (including phenoxy) is 3. The highest BCUT2D eigenvalue weighted by molar-refractivity contribution is 7.66. The number of fused-ring (bicyclic) bond motifs is 3. The van der Waals surface area contributed by atoms with Crippen LogP contribution < -0.4 is 10.5 Å². The van der Waals surface area contributed by atoms with Crippen molar-refractivity contribution >= 4 is 40.6 Å². The number of hydrogen-bond acceptors (Lipinski definition) is 14. The number of phosphoric ester groups is 1. The number of rotatable bonds is 10. The molecule has 2 unspecified atom stereocenters. The average molecular weight is 563 g/mol. The number of anilines is 1. The van der Waals surface area contributed by atoms with Gasteiger partial charge in [0.05, 0.1) is 26.1 Å². The Labute approximate surface area is 195 Å².